The Balaban J connectivity index is 1.67. The van der Waals surface area contributed by atoms with Crippen LogP contribution in [0.5, 0.6) is 0 Å². The fourth-order valence-corrected chi connectivity index (χ4v) is 2.77. The summed E-state index contributed by atoms with van der Waals surface area (Å²) in [6.45, 7) is 2.86. The van der Waals surface area contributed by atoms with E-state index in [2.05, 4.69) is 45.4 Å². The van der Waals surface area contributed by atoms with Crippen molar-refractivity contribution in [3.05, 3.63) is 46.5 Å². The second kappa shape index (κ2) is 5.14. The molecule has 100 valence electrons. The van der Waals surface area contributed by atoms with Gasteiger partial charge in [-0.1, -0.05) is 30.3 Å². The lowest BCUT2D eigenvalue weighted by molar-refractivity contribution is 0.315. The highest BCUT2D eigenvalue weighted by Gasteiger charge is 2.24. The van der Waals surface area contributed by atoms with E-state index in [9.17, 15) is 0 Å². The number of H-pyrrole nitrogens is 1. The number of benzene rings is 1. The molecule has 2 heterocycles. The van der Waals surface area contributed by atoms with Gasteiger partial charge in [0.1, 0.15) is 0 Å². The Morgan fingerprint density at radius 1 is 1.37 bits per heavy atom. The van der Waals surface area contributed by atoms with Crippen molar-refractivity contribution in [3.8, 4) is 0 Å². The third-order valence-corrected chi connectivity index (χ3v) is 3.97. The molecule has 1 aromatic heterocycles. The van der Waals surface area contributed by atoms with Crippen molar-refractivity contribution in [2.24, 2.45) is 0 Å². The zero-order chi connectivity index (χ0) is 13.2. The number of aromatic amines is 1. The van der Waals surface area contributed by atoms with Gasteiger partial charge in [0.2, 0.25) is 4.77 Å². The summed E-state index contributed by atoms with van der Waals surface area (Å²) >= 11 is 5.02. The van der Waals surface area contributed by atoms with E-state index in [1.54, 1.807) is 0 Å². The van der Waals surface area contributed by atoms with Gasteiger partial charge >= 0.3 is 0 Å². The van der Waals surface area contributed by atoms with Crippen LogP contribution in [-0.2, 0) is 6.54 Å². The van der Waals surface area contributed by atoms with Crippen molar-refractivity contribution in [1.82, 2.24) is 19.8 Å². The van der Waals surface area contributed by atoms with Gasteiger partial charge in [-0.2, -0.15) is 5.10 Å². The molecule has 0 radical (unpaired) electrons. The maximum atomic E-state index is 5.82. The summed E-state index contributed by atoms with van der Waals surface area (Å²) in [6.07, 6.45) is 1.18. The van der Waals surface area contributed by atoms with Crippen molar-refractivity contribution in [2.75, 3.05) is 18.9 Å². The van der Waals surface area contributed by atoms with Crippen molar-refractivity contribution < 1.29 is 0 Å². The SMILES string of the molecule is Nn1c(CN2CCC(c3ccccc3)C2)n[nH]c1=S. The summed E-state index contributed by atoms with van der Waals surface area (Å²) in [7, 11) is 0. The van der Waals surface area contributed by atoms with Crippen LogP contribution in [0.15, 0.2) is 30.3 Å². The molecule has 0 aliphatic carbocycles. The van der Waals surface area contributed by atoms with Gasteiger partial charge in [0.05, 0.1) is 6.54 Å². The third kappa shape index (κ3) is 2.54. The second-order valence-corrected chi connectivity index (χ2v) is 5.33. The quantitative estimate of drug-likeness (QED) is 0.660. The maximum Gasteiger partial charge on any atom is 0.214 e. The monoisotopic (exact) mass is 275 g/mol. The molecule has 0 spiro atoms. The molecule has 0 saturated carbocycles. The number of nitrogens with two attached hydrogens (primary N) is 1. The number of rotatable bonds is 3. The van der Waals surface area contributed by atoms with E-state index in [1.807, 2.05) is 0 Å². The number of aromatic nitrogens is 3. The standard InChI is InChI=1S/C13H17N5S/c14-18-12(15-16-13(18)19)9-17-7-6-11(8-17)10-4-2-1-3-5-10/h1-5,11H,6-9,14H2,(H,16,19). The van der Waals surface area contributed by atoms with E-state index < -0.39 is 0 Å². The first-order valence-electron chi connectivity index (χ1n) is 6.42. The van der Waals surface area contributed by atoms with Crippen molar-refractivity contribution in [3.63, 3.8) is 0 Å². The average molecular weight is 275 g/mol. The lowest BCUT2D eigenvalue weighted by atomic mass is 9.99. The van der Waals surface area contributed by atoms with Crippen LogP contribution in [0.4, 0.5) is 0 Å². The smallest absolute Gasteiger partial charge is 0.214 e. The topological polar surface area (TPSA) is 62.9 Å². The van der Waals surface area contributed by atoms with Crippen molar-refractivity contribution >= 4 is 12.2 Å². The molecule has 3 rings (SSSR count). The molecule has 1 aromatic carbocycles. The summed E-state index contributed by atoms with van der Waals surface area (Å²) in [4.78, 5) is 2.37. The Hall–Kier alpha value is -1.66. The van der Waals surface area contributed by atoms with E-state index in [4.69, 9.17) is 18.1 Å². The molecule has 6 heteroatoms. The number of nitrogens with one attached hydrogen (secondary N) is 1. The number of hydrogen-bond acceptors (Lipinski definition) is 4. The summed E-state index contributed by atoms with van der Waals surface area (Å²) in [5.74, 6) is 7.21. The fraction of sp³-hybridized carbons (Fsp3) is 0.385. The largest absolute Gasteiger partial charge is 0.335 e. The number of nitrogens with zero attached hydrogens (tertiary/aromatic N) is 3. The first-order chi connectivity index (χ1) is 9.24. The highest BCUT2D eigenvalue weighted by atomic mass is 32.1. The molecule has 1 unspecified atom stereocenters. The minimum absolute atomic E-state index is 0.466. The lowest BCUT2D eigenvalue weighted by Gasteiger charge is -2.15. The van der Waals surface area contributed by atoms with Gasteiger partial charge in [0.25, 0.3) is 0 Å². The number of nitrogen functional groups attached to an aromatic ring is 1. The Morgan fingerprint density at radius 3 is 2.84 bits per heavy atom. The molecule has 1 aliphatic rings. The summed E-state index contributed by atoms with van der Waals surface area (Å²) in [5.41, 5.74) is 1.41. The highest BCUT2D eigenvalue weighted by Crippen LogP contribution is 2.27. The number of likely N-dealkylation sites (tertiary alicyclic amines) is 1. The van der Waals surface area contributed by atoms with Gasteiger partial charge in [-0.15, -0.1) is 0 Å². The molecular weight excluding hydrogens is 258 g/mol. The van der Waals surface area contributed by atoms with Crippen LogP contribution < -0.4 is 5.84 Å². The molecule has 5 nitrogen and oxygen atoms in total. The molecule has 1 aliphatic heterocycles. The van der Waals surface area contributed by atoms with Gasteiger partial charge in [-0.05, 0) is 36.7 Å². The molecule has 1 saturated heterocycles. The second-order valence-electron chi connectivity index (χ2n) is 4.95. The number of hydrogen-bond donors (Lipinski definition) is 2. The Labute approximate surface area is 117 Å². The fourth-order valence-electron chi connectivity index (χ4n) is 2.62. The summed E-state index contributed by atoms with van der Waals surface area (Å²) in [6, 6.07) is 10.7. The van der Waals surface area contributed by atoms with E-state index in [-0.39, 0.29) is 0 Å². The summed E-state index contributed by atoms with van der Waals surface area (Å²) in [5, 5.41) is 6.87. The maximum absolute atomic E-state index is 5.82. The van der Waals surface area contributed by atoms with E-state index in [1.165, 1.54) is 16.7 Å². The van der Waals surface area contributed by atoms with Crippen LogP contribution in [0, 0.1) is 4.77 Å². The first-order valence-corrected chi connectivity index (χ1v) is 6.83. The zero-order valence-electron chi connectivity index (χ0n) is 10.6. The lowest BCUT2D eigenvalue weighted by Crippen LogP contribution is -2.24. The van der Waals surface area contributed by atoms with E-state index in [0.29, 0.717) is 10.7 Å². The van der Waals surface area contributed by atoms with Crippen LogP contribution in [0.3, 0.4) is 0 Å². The van der Waals surface area contributed by atoms with Gasteiger partial charge < -0.3 is 5.84 Å². The van der Waals surface area contributed by atoms with Crippen LogP contribution in [0.1, 0.15) is 23.7 Å². The summed E-state index contributed by atoms with van der Waals surface area (Å²) < 4.78 is 1.92. The molecular formula is C13H17N5S. The predicted molar refractivity (Wildman–Crippen MR) is 76.6 cm³/mol. The molecule has 19 heavy (non-hydrogen) atoms. The van der Waals surface area contributed by atoms with Gasteiger partial charge in [-0.3, -0.25) is 10.00 Å². The highest BCUT2D eigenvalue weighted by molar-refractivity contribution is 7.71. The Bertz CT molecular complexity index is 603. The molecule has 1 atom stereocenters. The van der Waals surface area contributed by atoms with E-state index in [0.717, 1.165) is 25.5 Å². The van der Waals surface area contributed by atoms with Gasteiger partial charge in [0, 0.05) is 6.54 Å². The van der Waals surface area contributed by atoms with E-state index >= 15 is 0 Å². The van der Waals surface area contributed by atoms with Crippen LogP contribution in [0.25, 0.3) is 0 Å². The average Bonchev–Trinajstić information content (AvgIpc) is 3.02. The molecule has 1 fully saturated rings. The molecule has 3 N–H and O–H groups in total. The minimum atomic E-state index is 0.466. The molecule has 2 aromatic rings. The van der Waals surface area contributed by atoms with Crippen molar-refractivity contribution in [1.29, 1.82) is 0 Å². The molecule has 0 bridgehead atoms. The minimum Gasteiger partial charge on any atom is -0.335 e. The van der Waals surface area contributed by atoms with Crippen LogP contribution >= 0.6 is 12.2 Å². The third-order valence-electron chi connectivity index (χ3n) is 3.69. The first kappa shape index (κ1) is 12.4. The Morgan fingerprint density at radius 2 is 2.16 bits per heavy atom. The molecule has 0 amide bonds. The van der Waals surface area contributed by atoms with Crippen molar-refractivity contribution in [2.45, 2.75) is 18.9 Å². The van der Waals surface area contributed by atoms with Crippen LogP contribution in [0.2, 0.25) is 0 Å². The zero-order valence-corrected chi connectivity index (χ0v) is 11.4. The predicted octanol–water partition coefficient (Wildman–Crippen LogP) is 1.64. The van der Waals surface area contributed by atoms with Gasteiger partial charge in [-0.25, -0.2) is 4.68 Å². The normalized spacial score (nSPS) is 19.9. The van der Waals surface area contributed by atoms with Crippen LogP contribution in [-0.4, -0.2) is 32.9 Å². The Kier molecular flexibility index (Phi) is 3.35. The van der Waals surface area contributed by atoms with Gasteiger partial charge in [0.15, 0.2) is 5.82 Å².